The predicted octanol–water partition coefficient (Wildman–Crippen LogP) is 2.01. The first kappa shape index (κ1) is 22.0. The third-order valence-electron chi connectivity index (χ3n) is 5.54. The standard InChI is InChI=1S/C20H31N3O5S/c1-3-22-13-14-28-19(15-22)16-5-7-18(8-6-16)21-29(25,26)23-11-9-17(10-12-23)20(24)27-4-2/h5-8,17,19,21H,3-4,9-15H2,1-2H3. The van der Waals surface area contributed by atoms with Gasteiger partial charge in [0, 0.05) is 31.9 Å². The van der Waals surface area contributed by atoms with Gasteiger partial charge in [0.25, 0.3) is 0 Å². The molecule has 2 aliphatic heterocycles. The number of ether oxygens (including phenoxy) is 2. The molecule has 1 atom stereocenters. The molecule has 2 saturated heterocycles. The Kier molecular flexibility index (Phi) is 7.50. The highest BCUT2D eigenvalue weighted by Gasteiger charge is 2.32. The molecule has 0 aromatic heterocycles. The third-order valence-corrected chi connectivity index (χ3v) is 7.08. The second-order valence-electron chi connectivity index (χ2n) is 7.41. The molecule has 29 heavy (non-hydrogen) atoms. The zero-order chi connectivity index (χ0) is 20.9. The van der Waals surface area contributed by atoms with E-state index in [1.165, 1.54) is 4.31 Å². The lowest BCUT2D eigenvalue weighted by Gasteiger charge is -2.32. The van der Waals surface area contributed by atoms with Crippen LogP contribution in [-0.2, 0) is 24.5 Å². The summed E-state index contributed by atoms with van der Waals surface area (Å²) in [5.74, 6) is -0.460. The largest absolute Gasteiger partial charge is 0.466 e. The molecule has 0 spiro atoms. The average molecular weight is 426 g/mol. The zero-order valence-corrected chi connectivity index (χ0v) is 18.0. The van der Waals surface area contributed by atoms with Gasteiger partial charge in [-0.3, -0.25) is 14.4 Å². The Bertz CT molecular complexity index is 776. The number of likely N-dealkylation sites (N-methyl/N-ethyl adjacent to an activating group) is 1. The fraction of sp³-hybridized carbons (Fsp3) is 0.650. The van der Waals surface area contributed by atoms with Gasteiger partial charge in [-0.2, -0.15) is 12.7 Å². The molecule has 0 amide bonds. The van der Waals surface area contributed by atoms with E-state index in [1.54, 1.807) is 19.1 Å². The van der Waals surface area contributed by atoms with Crippen LogP contribution in [0.25, 0.3) is 0 Å². The first-order valence-corrected chi connectivity index (χ1v) is 11.8. The van der Waals surface area contributed by atoms with Crippen LogP contribution >= 0.6 is 0 Å². The van der Waals surface area contributed by atoms with Crippen LogP contribution in [0.3, 0.4) is 0 Å². The van der Waals surface area contributed by atoms with E-state index in [-0.39, 0.29) is 18.0 Å². The highest BCUT2D eigenvalue weighted by molar-refractivity contribution is 7.90. The number of carbonyl (C=O) groups excluding carboxylic acids is 1. The highest BCUT2D eigenvalue weighted by atomic mass is 32.2. The SMILES string of the molecule is CCOC(=O)C1CCN(S(=O)(=O)Nc2ccc(C3CN(CC)CCO3)cc2)CC1. The predicted molar refractivity (Wildman–Crippen MR) is 111 cm³/mol. The molecule has 1 aromatic rings. The summed E-state index contributed by atoms with van der Waals surface area (Å²) < 4.78 is 40.3. The Morgan fingerprint density at radius 2 is 1.86 bits per heavy atom. The molecule has 1 unspecified atom stereocenters. The van der Waals surface area contributed by atoms with Crippen LogP contribution in [0.1, 0.15) is 38.4 Å². The summed E-state index contributed by atoms with van der Waals surface area (Å²) in [6.07, 6.45) is 0.966. The number of piperidine rings is 1. The number of nitrogens with zero attached hydrogens (tertiary/aromatic N) is 2. The van der Waals surface area contributed by atoms with Crippen molar-refractivity contribution in [2.24, 2.45) is 5.92 Å². The normalized spacial score (nSPS) is 22.3. The molecular weight excluding hydrogens is 394 g/mol. The molecule has 8 nitrogen and oxygen atoms in total. The van der Waals surface area contributed by atoms with Crippen molar-refractivity contribution < 1.29 is 22.7 Å². The number of nitrogens with one attached hydrogen (secondary N) is 1. The Morgan fingerprint density at radius 1 is 1.17 bits per heavy atom. The number of hydrogen-bond acceptors (Lipinski definition) is 6. The summed E-state index contributed by atoms with van der Waals surface area (Å²) in [6.45, 7) is 8.34. The van der Waals surface area contributed by atoms with Crippen molar-refractivity contribution in [3.63, 3.8) is 0 Å². The summed E-state index contributed by atoms with van der Waals surface area (Å²) in [7, 11) is -3.66. The maximum Gasteiger partial charge on any atom is 0.309 e. The quantitative estimate of drug-likeness (QED) is 0.673. The molecule has 1 N–H and O–H groups in total. The summed E-state index contributed by atoms with van der Waals surface area (Å²) in [4.78, 5) is 14.2. The number of carbonyl (C=O) groups is 1. The second kappa shape index (κ2) is 9.88. The molecule has 162 valence electrons. The molecule has 0 saturated carbocycles. The molecule has 3 rings (SSSR count). The average Bonchev–Trinajstić information content (AvgIpc) is 2.74. The number of rotatable bonds is 7. The minimum atomic E-state index is -3.66. The van der Waals surface area contributed by atoms with Crippen LogP contribution in [-0.4, -0.2) is 69.5 Å². The van der Waals surface area contributed by atoms with E-state index in [0.29, 0.717) is 44.8 Å². The van der Waals surface area contributed by atoms with Gasteiger partial charge in [0.2, 0.25) is 0 Å². The Hall–Kier alpha value is -1.68. The topological polar surface area (TPSA) is 88.2 Å². The fourth-order valence-corrected chi connectivity index (χ4v) is 5.02. The monoisotopic (exact) mass is 425 g/mol. The van der Waals surface area contributed by atoms with Gasteiger partial charge in [-0.25, -0.2) is 0 Å². The summed E-state index contributed by atoms with van der Waals surface area (Å²) in [5.41, 5.74) is 1.56. The minimum Gasteiger partial charge on any atom is -0.466 e. The Labute approximate surface area is 173 Å². The maximum atomic E-state index is 12.7. The van der Waals surface area contributed by atoms with E-state index in [9.17, 15) is 13.2 Å². The molecule has 2 fully saturated rings. The van der Waals surface area contributed by atoms with E-state index in [4.69, 9.17) is 9.47 Å². The molecule has 2 aliphatic rings. The van der Waals surface area contributed by atoms with Crippen molar-refractivity contribution in [3.05, 3.63) is 29.8 Å². The van der Waals surface area contributed by atoms with E-state index >= 15 is 0 Å². The van der Waals surface area contributed by atoms with Crippen LogP contribution in [0.4, 0.5) is 5.69 Å². The van der Waals surface area contributed by atoms with Gasteiger partial charge in [-0.15, -0.1) is 0 Å². The molecular formula is C20H31N3O5S. The smallest absolute Gasteiger partial charge is 0.309 e. The van der Waals surface area contributed by atoms with E-state index in [2.05, 4.69) is 16.5 Å². The fourth-order valence-electron chi connectivity index (χ4n) is 3.76. The van der Waals surface area contributed by atoms with E-state index in [1.807, 2.05) is 12.1 Å². The molecule has 1 aromatic carbocycles. The first-order chi connectivity index (χ1) is 13.9. The van der Waals surface area contributed by atoms with Crippen LogP contribution in [0.15, 0.2) is 24.3 Å². The van der Waals surface area contributed by atoms with E-state index < -0.39 is 10.2 Å². The zero-order valence-electron chi connectivity index (χ0n) is 17.2. The molecule has 0 aliphatic carbocycles. The molecule has 2 heterocycles. The van der Waals surface area contributed by atoms with Gasteiger partial charge in [0.05, 0.1) is 25.2 Å². The van der Waals surface area contributed by atoms with Crippen molar-refractivity contribution >= 4 is 21.9 Å². The highest BCUT2D eigenvalue weighted by Crippen LogP contribution is 2.25. The first-order valence-electron chi connectivity index (χ1n) is 10.3. The summed E-state index contributed by atoms with van der Waals surface area (Å²) >= 11 is 0. The van der Waals surface area contributed by atoms with Crippen molar-refractivity contribution in [3.8, 4) is 0 Å². The Balaban J connectivity index is 1.56. The van der Waals surface area contributed by atoms with Crippen molar-refractivity contribution in [2.45, 2.75) is 32.8 Å². The number of benzene rings is 1. The molecule has 0 bridgehead atoms. The van der Waals surface area contributed by atoms with Gasteiger partial charge in [-0.05, 0) is 44.0 Å². The number of morpholine rings is 1. The van der Waals surface area contributed by atoms with Crippen molar-refractivity contribution in [1.29, 1.82) is 0 Å². The molecule has 9 heteroatoms. The van der Waals surface area contributed by atoms with Crippen LogP contribution in [0.2, 0.25) is 0 Å². The van der Waals surface area contributed by atoms with Gasteiger partial charge < -0.3 is 9.47 Å². The third kappa shape index (κ3) is 5.69. The lowest BCUT2D eigenvalue weighted by molar-refractivity contribution is -0.149. The lowest BCUT2D eigenvalue weighted by atomic mass is 9.98. The number of hydrogen-bond donors (Lipinski definition) is 1. The van der Waals surface area contributed by atoms with Gasteiger partial charge >= 0.3 is 16.2 Å². The van der Waals surface area contributed by atoms with Gasteiger partial charge in [-0.1, -0.05) is 19.1 Å². The Morgan fingerprint density at radius 3 is 2.48 bits per heavy atom. The maximum absolute atomic E-state index is 12.7. The molecule has 0 radical (unpaired) electrons. The van der Waals surface area contributed by atoms with Gasteiger partial charge in [0.15, 0.2) is 0 Å². The lowest BCUT2D eigenvalue weighted by Crippen LogP contribution is -2.43. The number of anilines is 1. The van der Waals surface area contributed by atoms with Crippen molar-refractivity contribution in [2.75, 3.05) is 50.7 Å². The van der Waals surface area contributed by atoms with Crippen molar-refractivity contribution in [1.82, 2.24) is 9.21 Å². The summed E-state index contributed by atoms with van der Waals surface area (Å²) in [6, 6.07) is 7.36. The van der Waals surface area contributed by atoms with Crippen LogP contribution < -0.4 is 4.72 Å². The van der Waals surface area contributed by atoms with Crippen LogP contribution in [0.5, 0.6) is 0 Å². The second-order valence-corrected chi connectivity index (χ2v) is 9.08. The summed E-state index contributed by atoms with van der Waals surface area (Å²) in [5, 5.41) is 0. The van der Waals surface area contributed by atoms with E-state index in [0.717, 1.165) is 25.2 Å². The minimum absolute atomic E-state index is 0.0104. The van der Waals surface area contributed by atoms with Crippen LogP contribution in [0, 0.1) is 5.92 Å². The van der Waals surface area contributed by atoms with Gasteiger partial charge in [0.1, 0.15) is 0 Å². The number of esters is 1.